The van der Waals surface area contributed by atoms with Gasteiger partial charge in [0.15, 0.2) is 21.5 Å². The van der Waals surface area contributed by atoms with Crippen molar-refractivity contribution in [2.45, 2.75) is 0 Å². The maximum Gasteiger partial charge on any atom is 0.231 e. The van der Waals surface area contributed by atoms with Crippen LogP contribution in [0, 0.1) is 0 Å². The van der Waals surface area contributed by atoms with Crippen molar-refractivity contribution >= 4 is 22.7 Å². The fraction of sp³-hybridized carbons (Fsp3) is 0.100. The highest BCUT2D eigenvalue weighted by Gasteiger charge is 2.16. The maximum absolute atomic E-state index is 5.46. The summed E-state index contributed by atoms with van der Waals surface area (Å²) < 4.78 is 16.0. The van der Waals surface area contributed by atoms with E-state index in [1.54, 1.807) is 29.8 Å². The summed E-state index contributed by atoms with van der Waals surface area (Å²) >= 11 is 3.19. The molecule has 0 amide bonds. The summed E-state index contributed by atoms with van der Waals surface area (Å²) in [6, 6.07) is 13.8. The van der Waals surface area contributed by atoms with E-state index in [0.29, 0.717) is 0 Å². The van der Waals surface area contributed by atoms with Gasteiger partial charge in [-0.1, -0.05) is 0 Å². The average molecular weight is 394 g/mol. The molecule has 4 aromatic rings. The van der Waals surface area contributed by atoms with Crippen molar-refractivity contribution in [1.29, 1.82) is 0 Å². The number of nitrogens with zero attached hydrogens (tertiary/aromatic N) is 2. The van der Waals surface area contributed by atoms with Gasteiger partial charge in [-0.3, -0.25) is 0 Å². The Kier molecular flexibility index (Phi) is 4.03. The number of aromatic nitrogens is 2. The first-order valence-electron chi connectivity index (χ1n) is 8.26. The maximum atomic E-state index is 5.46. The van der Waals surface area contributed by atoms with Gasteiger partial charge in [0.2, 0.25) is 6.79 Å². The van der Waals surface area contributed by atoms with Crippen molar-refractivity contribution in [3.05, 3.63) is 53.2 Å². The Bertz CT molecular complexity index is 1100. The molecular formula is C20H14N2O3S2. The van der Waals surface area contributed by atoms with E-state index in [1.807, 2.05) is 47.8 Å². The Hall–Kier alpha value is -2.90. The first-order valence-corrected chi connectivity index (χ1v) is 10.0. The molecule has 0 bridgehead atoms. The molecule has 1 aliphatic rings. The molecule has 0 saturated heterocycles. The monoisotopic (exact) mass is 394 g/mol. The van der Waals surface area contributed by atoms with Crippen molar-refractivity contribution in [2.75, 3.05) is 13.9 Å². The highest BCUT2D eigenvalue weighted by atomic mass is 32.1. The van der Waals surface area contributed by atoms with Crippen LogP contribution in [0.5, 0.6) is 17.2 Å². The predicted octanol–water partition coefficient (Wildman–Crippen LogP) is 5.34. The van der Waals surface area contributed by atoms with E-state index < -0.39 is 0 Å². The molecule has 0 N–H and O–H groups in total. The predicted molar refractivity (Wildman–Crippen MR) is 107 cm³/mol. The number of methoxy groups -OCH3 is 1. The first-order chi connectivity index (χ1) is 13.3. The molecule has 1 aliphatic heterocycles. The fourth-order valence-electron chi connectivity index (χ4n) is 2.83. The first kappa shape index (κ1) is 16.3. The van der Waals surface area contributed by atoms with Crippen LogP contribution >= 0.6 is 22.7 Å². The standard InChI is InChI=1S/C20H14N2O3S2/c1-23-14-5-2-12(3-6-14)15-9-26-19(21-15)20-22-16(10-27-20)13-4-7-17-18(8-13)25-11-24-17/h2-10H,11H2,1H3. The second kappa shape index (κ2) is 6.68. The minimum Gasteiger partial charge on any atom is -0.497 e. The Morgan fingerprint density at radius 3 is 2.15 bits per heavy atom. The fourth-order valence-corrected chi connectivity index (χ4v) is 4.53. The van der Waals surface area contributed by atoms with Gasteiger partial charge in [-0.05, 0) is 42.5 Å². The summed E-state index contributed by atoms with van der Waals surface area (Å²) in [5.41, 5.74) is 3.92. The molecule has 0 atom stereocenters. The lowest BCUT2D eigenvalue weighted by Gasteiger charge is -2.00. The topological polar surface area (TPSA) is 53.5 Å². The molecular weight excluding hydrogens is 380 g/mol. The third kappa shape index (κ3) is 3.05. The molecule has 0 spiro atoms. The van der Waals surface area contributed by atoms with Crippen LogP contribution in [0.3, 0.4) is 0 Å². The van der Waals surface area contributed by atoms with Crippen LogP contribution in [0.15, 0.2) is 53.2 Å². The molecule has 0 aliphatic carbocycles. The number of fused-ring (bicyclic) bond motifs is 1. The minimum atomic E-state index is 0.272. The van der Waals surface area contributed by atoms with Gasteiger partial charge in [0.05, 0.1) is 18.5 Å². The van der Waals surface area contributed by atoms with E-state index in [9.17, 15) is 0 Å². The third-order valence-electron chi connectivity index (χ3n) is 4.25. The van der Waals surface area contributed by atoms with Crippen LogP contribution in [0.25, 0.3) is 32.5 Å². The molecule has 5 rings (SSSR count). The molecule has 27 heavy (non-hydrogen) atoms. The van der Waals surface area contributed by atoms with Gasteiger partial charge in [0, 0.05) is 21.9 Å². The van der Waals surface area contributed by atoms with E-state index in [0.717, 1.165) is 49.8 Å². The van der Waals surface area contributed by atoms with Gasteiger partial charge in [0.1, 0.15) is 5.75 Å². The molecule has 134 valence electrons. The van der Waals surface area contributed by atoms with Crippen LogP contribution in [0.4, 0.5) is 0 Å². The lowest BCUT2D eigenvalue weighted by Crippen LogP contribution is -1.92. The largest absolute Gasteiger partial charge is 0.497 e. The van der Waals surface area contributed by atoms with E-state index in [2.05, 4.69) is 5.38 Å². The summed E-state index contributed by atoms with van der Waals surface area (Å²) in [5, 5.41) is 5.92. The van der Waals surface area contributed by atoms with Crippen molar-refractivity contribution in [3.63, 3.8) is 0 Å². The van der Waals surface area contributed by atoms with Gasteiger partial charge in [0.25, 0.3) is 0 Å². The molecule has 2 aromatic heterocycles. The zero-order chi connectivity index (χ0) is 18.2. The highest BCUT2D eigenvalue weighted by Crippen LogP contribution is 2.38. The van der Waals surface area contributed by atoms with E-state index in [1.165, 1.54) is 0 Å². The molecule has 2 aromatic carbocycles. The second-order valence-corrected chi connectivity index (χ2v) is 7.59. The smallest absolute Gasteiger partial charge is 0.231 e. The van der Waals surface area contributed by atoms with Crippen LogP contribution in [-0.4, -0.2) is 23.9 Å². The van der Waals surface area contributed by atoms with Gasteiger partial charge >= 0.3 is 0 Å². The second-order valence-electron chi connectivity index (χ2n) is 5.87. The molecule has 0 fully saturated rings. The van der Waals surface area contributed by atoms with Gasteiger partial charge in [-0.2, -0.15) is 0 Å². The van der Waals surface area contributed by atoms with Crippen LogP contribution in [0.1, 0.15) is 0 Å². The SMILES string of the molecule is COc1ccc(-c2csc(-c3nc(-c4ccc5c(c4)OCO5)cs3)n2)cc1. The van der Waals surface area contributed by atoms with E-state index >= 15 is 0 Å². The molecule has 0 saturated carbocycles. The Balaban J connectivity index is 1.42. The molecule has 3 heterocycles. The molecule has 0 radical (unpaired) electrons. The number of hydrogen-bond acceptors (Lipinski definition) is 7. The highest BCUT2D eigenvalue weighted by molar-refractivity contribution is 7.20. The number of hydrogen-bond donors (Lipinski definition) is 0. The van der Waals surface area contributed by atoms with Gasteiger partial charge in [-0.15, -0.1) is 22.7 Å². The molecule has 5 nitrogen and oxygen atoms in total. The van der Waals surface area contributed by atoms with Crippen LogP contribution in [-0.2, 0) is 0 Å². The zero-order valence-electron chi connectivity index (χ0n) is 14.3. The Morgan fingerprint density at radius 1 is 0.815 bits per heavy atom. The third-order valence-corrected chi connectivity index (χ3v) is 6.07. The average Bonchev–Trinajstić information content (AvgIpc) is 3.47. The van der Waals surface area contributed by atoms with Gasteiger partial charge < -0.3 is 14.2 Å². The molecule has 7 heteroatoms. The van der Waals surface area contributed by atoms with E-state index in [4.69, 9.17) is 24.2 Å². The molecule has 0 unspecified atom stereocenters. The van der Waals surface area contributed by atoms with Crippen molar-refractivity contribution in [3.8, 4) is 49.8 Å². The minimum absolute atomic E-state index is 0.272. The van der Waals surface area contributed by atoms with Crippen molar-refractivity contribution < 1.29 is 14.2 Å². The van der Waals surface area contributed by atoms with Crippen molar-refractivity contribution in [1.82, 2.24) is 9.97 Å². The van der Waals surface area contributed by atoms with Gasteiger partial charge in [-0.25, -0.2) is 9.97 Å². The normalized spacial score (nSPS) is 12.3. The quantitative estimate of drug-likeness (QED) is 0.468. The Labute approximate surface area is 163 Å². The Morgan fingerprint density at radius 2 is 1.44 bits per heavy atom. The zero-order valence-corrected chi connectivity index (χ0v) is 16.0. The summed E-state index contributed by atoms with van der Waals surface area (Å²) in [6.07, 6.45) is 0. The van der Waals surface area contributed by atoms with E-state index in [-0.39, 0.29) is 6.79 Å². The lowest BCUT2D eigenvalue weighted by molar-refractivity contribution is 0.174. The summed E-state index contributed by atoms with van der Waals surface area (Å²) in [7, 11) is 1.66. The summed E-state index contributed by atoms with van der Waals surface area (Å²) in [4.78, 5) is 9.51. The number of ether oxygens (including phenoxy) is 3. The number of rotatable bonds is 4. The summed E-state index contributed by atoms with van der Waals surface area (Å²) in [5.74, 6) is 2.37. The number of benzene rings is 2. The lowest BCUT2D eigenvalue weighted by atomic mass is 10.1. The van der Waals surface area contributed by atoms with Crippen molar-refractivity contribution in [2.24, 2.45) is 0 Å². The summed E-state index contributed by atoms with van der Waals surface area (Å²) in [6.45, 7) is 0.272. The van der Waals surface area contributed by atoms with Crippen LogP contribution in [0.2, 0.25) is 0 Å². The number of thiazole rings is 2. The van der Waals surface area contributed by atoms with Crippen LogP contribution < -0.4 is 14.2 Å².